The molecule has 3 aromatic rings. The summed E-state index contributed by atoms with van der Waals surface area (Å²) in [5, 5.41) is 11.2. The largest absolute Gasteiger partial charge is 0.494 e. The summed E-state index contributed by atoms with van der Waals surface area (Å²) < 4.78 is 7.71. The maximum absolute atomic E-state index is 13.0. The van der Waals surface area contributed by atoms with Crippen molar-refractivity contribution in [3.05, 3.63) is 60.4 Å². The van der Waals surface area contributed by atoms with E-state index >= 15 is 0 Å². The van der Waals surface area contributed by atoms with E-state index in [0.29, 0.717) is 50.4 Å². The Kier molecular flexibility index (Phi) is 6.62. The second-order valence-corrected chi connectivity index (χ2v) is 8.43. The molecule has 1 aromatic carbocycles. The first-order valence-corrected chi connectivity index (χ1v) is 11.1. The number of nitrogens with two attached hydrogens (primary N) is 1. The summed E-state index contributed by atoms with van der Waals surface area (Å²) in [5.41, 5.74) is 6.04. The lowest BCUT2D eigenvalue weighted by molar-refractivity contribution is -0.00813. The molecule has 2 aromatic heterocycles. The van der Waals surface area contributed by atoms with Gasteiger partial charge in [0.05, 0.1) is 12.2 Å². The monoisotopic (exact) mass is 437 g/mol. The number of pyridine rings is 1. The number of carbonyl (C=O) groups is 1. The molecule has 1 amide bonds. The van der Waals surface area contributed by atoms with E-state index in [2.05, 4.69) is 20.4 Å². The summed E-state index contributed by atoms with van der Waals surface area (Å²) in [5.74, 6) is 1.59. The van der Waals surface area contributed by atoms with Crippen LogP contribution in [0.4, 0.5) is 5.82 Å². The number of fused-ring (bicyclic) bond motifs is 1. The van der Waals surface area contributed by atoms with Gasteiger partial charge in [-0.2, -0.15) is 0 Å². The van der Waals surface area contributed by atoms with E-state index in [-0.39, 0.29) is 12.5 Å². The fourth-order valence-corrected chi connectivity index (χ4v) is 4.23. The Bertz CT molecular complexity index is 1060. The van der Waals surface area contributed by atoms with Gasteiger partial charge in [0.2, 0.25) is 0 Å². The van der Waals surface area contributed by atoms with Crippen molar-refractivity contribution in [3.63, 3.8) is 0 Å². The van der Waals surface area contributed by atoms with Crippen LogP contribution in [0.1, 0.15) is 29.6 Å². The quantitative estimate of drug-likeness (QED) is 0.525. The van der Waals surface area contributed by atoms with Crippen LogP contribution >= 0.6 is 0 Å². The number of ether oxygens (including phenoxy) is 1. The fourth-order valence-electron chi connectivity index (χ4n) is 4.23. The summed E-state index contributed by atoms with van der Waals surface area (Å²) in [6.45, 7) is 2.79. The Morgan fingerprint density at radius 1 is 1.25 bits per heavy atom. The van der Waals surface area contributed by atoms with Crippen molar-refractivity contribution in [1.82, 2.24) is 14.3 Å². The van der Waals surface area contributed by atoms with Crippen LogP contribution in [-0.4, -0.2) is 70.7 Å². The predicted octanol–water partition coefficient (Wildman–Crippen LogP) is 2.17. The third kappa shape index (κ3) is 4.87. The minimum atomic E-state index is -0.918. The zero-order chi connectivity index (χ0) is 22.6. The number of aromatic nitrogens is 2. The lowest BCUT2D eigenvalue weighted by atomic mass is 9.90. The molecule has 8 heteroatoms. The van der Waals surface area contributed by atoms with Crippen LogP contribution in [0.2, 0.25) is 0 Å². The molecular formula is C24H31N5O3. The topological polar surface area (TPSA) is 96.3 Å². The lowest BCUT2D eigenvalue weighted by Gasteiger charge is -2.41. The second-order valence-electron chi connectivity index (χ2n) is 8.43. The molecule has 0 atom stereocenters. The molecule has 32 heavy (non-hydrogen) atoms. The van der Waals surface area contributed by atoms with Crippen molar-refractivity contribution in [2.45, 2.75) is 24.9 Å². The van der Waals surface area contributed by atoms with Gasteiger partial charge in [-0.15, -0.1) is 0 Å². The third-order valence-electron chi connectivity index (χ3n) is 6.00. The number of hydrogen-bond acceptors (Lipinski definition) is 6. The maximum Gasteiger partial charge on any atom is 0.253 e. The number of amides is 1. The van der Waals surface area contributed by atoms with Crippen LogP contribution in [0.3, 0.4) is 0 Å². The minimum Gasteiger partial charge on any atom is -0.494 e. The number of benzene rings is 1. The smallest absolute Gasteiger partial charge is 0.253 e. The van der Waals surface area contributed by atoms with Crippen LogP contribution in [0, 0.1) is 0 Å². The van der Waals surface area contributed by atoms with E-state index in [1.54, 1.807) is 30.3 Å². The summed E-state index contributed by atoms with van der Waals surface area (Å²) in [4.78, 5) is 21.2. The zero-order valence-electron chi connectivity index (χ0n) is 18.5. The number of piperidine rings is 1. The summed E-state index contributed by atoms with van der Waals surface area (Å²) in [6.07, 6.45) is 5.66. The lowest BCUT2D eigenvalue weighted by Crippen LogP contribution is -2.51. The molecule has 0 unspecified atom stereocenters. The number of carbonyl (C=O) groups excluding carboxylic acids is 1. The van der Waals surface area contributed by atoms with Crippen molar-refractivity contribution in [1.29, 1.82) is 0 Å². The first-order valence-electron chi connectivity index (χ1n) is 11.1. The molecule has 0 spiro atoms. The second kappa shape index (κ2) is 9.58. The third-order valence-corrected chi connectivity index (χ3v) is 6.00. The van der Waals surface area contributed by atoms with E-state index in [4.69, 9.17) is 10.5 Å². The molecule has 0 bridgehead atoms. The molecule has 3 heterocycles. The van der Waals surface area contributed by atoms with Gasteiger partial charge in [0.15, 0.2) is 0 Å². The molecule has 0 radical (unpaired) electrons. The van der Waals surface area contributed by atoms with E-state index in [1.807, 2.05) is 30.5 Å². The van der Waals surface area contributed by atoms with Crippen molar-refractivity contribution in [2.24, 2.45) is 5.73 Å². The van der Waals surface area contributed by atoms with E-state index in [1.165, 1.54) is 0 Å². The van der Waals surface area contributed by atoms with Gasteiger partial charge in [-0.05, 0) is 56.1 Å². The summed E-state index contributed by atoms with van der Waals surface area (Å²) in [6, 6.07) is 13.2. The average Bonchev–Trinajstić information content (AvgIpc) is 3.28. The fraction of sp³-hybridized carbons (Fsp3) is 0.417. The van der Waals surface area contributed by atoms with Gasteiger partial charge < -0.3 is 25.4 Å². The molecular weight excluding hydrogens is 406 g/mol. The number of rotatable bonds is 8. The number of imidazole rings is 1. The SMILES string of the molecule is CN(CC1(O)CCN(c2cccc3nccn23)CC1)C(=O)c1cccc(OCCCN)c1. The predicted molar refractivity (Wildman–Crippen MR) is 124 cm³/mol. The zero-order valence-corrected chi connectivity index (χ0v) is 18.5. The highest BCUT2D eigenvalue weighted by Crippen LogP contribution is 2.28. The normalized spacial score (nSPS) is 15.7. The number of nitrogens with zero attached hydrogens (tertiary/aromatic N) is 4. The summed E-state index contributed by atoms with van der Waals surface area (Å²) >= 11 is 0. The molecule has 1 fully saturated rings. The van der Waals surface area contributed by atoms with Gasteiger partial charge in [0, 0.05) is 44.6 Å². The van der Waals surface area contributed by atoms with E-state index in [0.717, 1.165) is 17.9 Å². The molecule has 0 saturated carbocycles. The van der Waals surface area contributed by atoms with Gasteiger partial charge in [0.25, 0.3) is 5.91 Å². The molecule has 4 rings (SSSR count). The molecule has 8 nitrogen and oxygen atoms in total. The van der Waals surface area contributed by atoms with Crippen LogP contribution in [0.25, 0.3) is 5.65 Å². The molecule has 1 aliphatic heterocycles. The van der Waals surface area contributed by atoms with Gasteiger partial charge in [0.1, 0.15) is 17.2 Å². The van der Waals surface area contributed by atoms with Crippen molar-refractivity contribution in [2.75, 3.05) is 44.7 Å². The average molecular weight is 438 g/mol. The van der Waals surface area contributed by atoms with Crippen molar-refractivity contribution >= 4 is 17.4 Å². The van der Waals surface area contributed by atoms with Crippen molar-refractivity contribution < 1.29 is 14.6 Å². The summed E-state index contributed by atoms with van der Waals surface area (Å²) in [7, 11) is 1.74. The highest BCUT2D eigenvalue weighted by molar-refractivity contribution is 5.94. The molecule has 1 saturated heterocycles. The van der Waals surface area contributed by atoms with Gasteiger partial charge in [-0.25, -0.2) is 4.98 Å². The number of hydrogen-bond donors (Lipinski definition) is 2. The van der Waals surface area contributed by atoms with Crippen LogP contribution in [0.5, 0.6) is 5.75 Å². The Morgan fingerprint density at radius 2 is 2.03 bits per heavy atom. The first-order chi connectivity index (χ1) is 15.5. The Labute approximate surface area is 188 Å². The number of likely N-dealkylation sites (N-methyl/N-ethyl adjacent to an activating group) is 1. The molecule has 3 N–H and O–H groups in total. The Hall–Kier alpha value is -3.10. The van der Waals surface area contributed by atoms with Crippen LogP contribution in [0.15, 0.2) is 54.9 Å². The highest BCUT2D eigenvalue weighted by atomic mass is 16.5. The van der Waals surface area contributed by atoms with Crippen molar-refractivity contribution in [3.8, 4) is 5.75 Å². The number of aliphatic hydroxyl groups is 1. The molecule has 0 aliphatic carbocycles. The number of anilines is 1. The van der Waals surface area contributed by atoms with E-state index < -0.39 is 5.60 Å². The maximum atomic E-state index is 13.0. The van der Waals surface area contributed by atoms with Gasteiger partial charge in [-0.1, -0.05) is 12.1 Å². The first kappa shape index (κ1) is 22.1. The van der Waals surface area contributed by atoms with Crippen LogP contribution in [-0.2, 0) is 0 Å². The van der Waals surface area contributed by atoms with Gasteiger partial charge in [-0.3, -0.25) is 9.20 Å². The minimum absolute atomic E-state index is 0.131. The van der Waals surface area contributed by atoms with Crippen LogP contribution < -0.4 is 15.4 Å². The molecule has 1 aliphatic rings. The standard InChI is InChI=1S/C24H31N5O3/c1-27(23(30)19-5-2-6-20(17-19)32-16-4-11-25)18-24(31)9-13-28(14-10-24)22-8-3-7-21-26-12-15-29(21)22/h2-3,5-8,12,15,17,31H,4,9-11,13-14,16,18,25H2,1H3. The highest BCUT2D eigenvalue weighted by Gasteiger charge is 2.35. The van der Waals surface area contributed by atoms with Gasteiger partial charge >= 0.3 is 0 Å². The van der Waals surface area contributed by atoms with E-state index in [9.17, 15) is 9.90 Å². The Balaban J connectivity index is 1.36. The Morgan fingerprint density at radius 3 is 2.81 bits per heavy atom. The molecule has 170 valence electrons.